The van der Waals surface area contributed by atoms with Crippen molar-refractivity contribution in [2.75, 3.05) is 10.6 Å². The molecule has 0 saturated carbocycles. The number of carbonyl (C=O) groups is 3. The number of nitrogens with one attached hydrogen (secondary N) is 3. The minimum atomic E-state index is -4.59. The van der Waals surface area contributed by atoms with E-state index in [2.05, 4.69) is 16.0 Å². The number of thioether (sulfide) groups is 1. The molecule has 0 bridgehead atoms. The van der Waals surface area contributed by atoms with E-state index in [0.717, 1.165) is 30.0 Å². The Morgan fingerprint density at radius 1 is 0.837 bits per heavy atom. The highest BCUT2D eigenvalue weighted by molar-refractivity contribution is 8.00. The number of anilines is 2. The van der Waals surface area contributed by atoms with Crippen LogP contribution in [0.1, 0.15) is 28.4 Å². The van der Waals surface area contributed by atoms with Gasteiger partial charge in [-0.3, -0.25) is 14.4 Å². The number of halogens is 4. The van der Waals surface area contributed by atoms with Gasteiger partial charge in [0.1, 0.15) is 5.70 Å². The molecule has 1 atom stereocenters. The average Bonchev–Trinajstić information content (AvgIpc) is 2.98. The van der Waals surface area contributed by atoms with Gasteiger partial charge < -0.3 is 16.0 Å². The fraction of sp³-hybridized carbons (Fsp3) is 0.0938. The fourth-order valence-electron chi connectivity index (χ4n) is 3.79. The summed E-state index contributed by atoms with van der Waals surface area (Å²) in [5.74, 6) is -1.58. The number of amides is 3. The maximum absolute atomic E-state index is 13.3. The summed E-state index contributed by atoms with van der Waals surface area (Å²) in [6, 6.07) is 26.9. The lowest BCUT2D eigenvalue weighted by atomic mass is 10.1. The topological polar surface area (TPSA) is 87.3 Å². The summed E-state index contributed by atoms with van der Waals surface area (Å²) in [6.45, 7) is 1.59. The van der Waals surface area contributed by atoms with Crippen LogP contribution in [0.2, 0.25) is 5.02 Å². The van der Waals surface area contributed by atoms with E-state index in [1.807, 2.05) is 6.07 Å². The number of hydrogen-bond acceptors (Lipinski definition) is 4. The Morgan fingerprint density at radius 2 is 1.51 bits per heavy atom. The first-order valence-electron chi connectivity index (χ1n) is 12.9. The summed E-state index contributed by atoms with van der Waals surface area (Å²) < 4.78 is 39.3. The summed E-state index contributed by atoms with van der Waals surface area (Å²) in [5, 5.41) is 7.14. The van der Waals surface area contributed by atoms with Gasteiger partial charge in [-0.15, -0.1) is 11.8 Å². The second-order valence-electron chi connectivity index (χ2n) is 9.21. The average molecular weight is 624 g/mol. The van der Waals surface area contributed by atoms with Crippen LogP contribution < -0.4 is 16.0 Å². The second kappa shape index (κ2) is 14.1. The van der Waals surface area contributed by atoms with E-state index in [0.29, 0.717) is 21.7 Å². The zero-order valence-corrected chi connectivity index (χ0v) is 24.2. The van der Waals surface area contributed by atoms with Crippen LogP contribution in [0, 0.1) is 0 Å². The van der Waals surface area contributed by atoms with E-state index in [1.54, 1.807) is 91.9 Å². The molecular formula is C32H25ClF3N3O3S. The van der Waals surface area contributed by atoms with E-state index in [-0.39, 0.29) is 16.4 Å². The fourth-order valence-corrected chi connectivity index (χ4v) is 4.88. The van der Waals surface area contributed by atoms with Crippen molar-refractivity contribution in [1.82, 2.24) is 5.32 Å². The van der Waals surface area contributed by atoms with Crippen LogP contribution in [0.25, 0.3) is 6.08 Å². The Morgan fingerprint density at radius 3 is 2.19 bits per heavy atom. The Kier molecular flexibility index (Phi) is 10.3. The summed E-state index contributed by atoms with van der Waals surface area (Å²) >= 11 is 7.14. The monoisotopic (exact) mass is 623 g/mol. The maximum atomic E-state index is 13.3. The first-order chi connectivity index (χ1) is 20.5. The molecule has 6 nitrogen and oxygen atoms in total. The van der Waals surface area contributed by atoms with E-state index in [9.17, 15) is 27.6 Å². The molecule has 0 fully saturated rings. The van der Waals surface area contributed by atoms with Crippen molar-refractivity contribution in [3.63, 3.8) is 0 Å². The van der Waals surface area contributed by atoms with Gasteiger partial charge in [0.2, 0.25) is 5.91 Å². The number of benzene rings is 4. The number of hydrogen-bond donors (Lipinski definition) is 3. The quantitative estimate of drug-likeness (QED) is 0.131. The molecule has 4 aromatic rings. The van der Waals surface area contributed by atoms with Gasteiger partial charge in [0.25, 0.3) is 11.8 Å². The normalized spacial score (nSPS) is 12.3. The van der Waals surface area contributed by atoms with Crippen molar-refractivity contribution in [3.05, 3.63) is 131 Å². The van der Waals surface area contributed by atoms with Crippen LogP contribution in [0.4, 0.5) is 24.5 Å². The summed E-state index contributed by atoms with van der Waals surface area (Å²) in [4.78, 5) is 39.5. The first-order valence-corrected chi connectivity index (χ1v) is 14.1. The highest BCUT2D eigenvalue weighted by Crippen LogP contribution is 2.34. The molecule has 0 saturated heterocycles. The van der Waals surface area contributed by atoms with Crippen LogP contribution in [-0.2, 0) is 15.8 Å². The molecule has 0 aromatic heterocycles. The molecule has 0 radical (unpaired) electrons. The van der Waals surface area contributed by atoms with Crippen molar-refractivity contribution >= 4 is 58.5 Å². The Labute approximate surface area is 255 Å². The van der Waals surface area contributed by atoms with Gasteiger partial charge in [-0.1, -0.05) is 66.2 Å². The third-order valence-corrected chi connectivity index (χ3v) is 7.39. The van der Waals surface area contributed by atoms with Gasteiger partial charge in [-0.05, 0) is 67.1 Å². The molecule has 11 heteroatoms. The number of alkyl halides is 3. The van der Waals surface area contributed by atoms with Crippen LogP contribution >= 0.6 is 23.4 Å². The zero-order valence-electron chi connectivity index (χ0n) is 22.6. The molecule has 220 valence electrons. The van der Waals surface area contributed by atoms with Gasteiger partial charge in [0, 0.05) is 16.1 Å². The minimum absolute atomic E-state index is 0.0174. The SMILES string of the molecule is CC(Sc1cccc(NC(=O)/C(=C/c2ccccc2)NC(=O)c2ccccc2)c1)C(=O)Nc1cc(C(F)(F)F)ccc1Cl. The molecule has 4 aromatic carbocycles. The summed E-state index contributed by atoms with van der Waals surface area (Å²) in [6.07, 6.45) is -3.03. The molecular weight excluding hydrogens is 599 g/mol. The van der Waals surface area contributed by atoms with Crippen LogP contribution in [0.5, 0.6) is 0 Å². The van der Waals surface area contributed by atoms with Crippen molar-refractivity contribution < 1.29 is 27.6 Å². The van der Waals surface area contributed by atoms with Crippen molar-refractivity contribution in [3.8, 4) is 0 Å². The first kappa shape index (κ1) is 31.4. The minimum Gasteiger partial charge on any atom is -0.324 e. The molecule has 0 heterocycles. The second-order valence-corrected chi connectivity index (χ2v) is 11.0. The van der Waals surface area contributed by atoms with Gasteiger partial charge in [-0.25, -0.2) is 0 Å². The Balaban J connectivity index is 1.46. The third kappa shape index (κ3) is 8.97. The highest BCUT2D eigenvalue weighted by Gasteiger charge is 2.31. The van der Waals surface area contributed by atoms with E-state index in [4.69, 9.17) is 11.6 Å². The maximum Gasteiger partial charge on any atom is 0.416 e. The van der Waals surface area contributed by atoms with E-state index >= 15 is 0 Å². The van der Waals surface area contributed by atoms with Gasteiger partial charge in [-0.2, -0.15) is 13.2 Å². The van der Waals surface area contributed by atoms with Gasteiger partial charge in [0.05, 0.1) is 21.5 Å². The van der Waals surface area contributed by atoms with E-state index in [1.165, 1.54) is 0 Å². The van der Waals surface area contributed by atoms with Crippen molar-refractivity contribution in [2.45, 2.75) is 23.2 Å². The zero-order chi connectivity index (χ0) is 31.0. The number of rotatable bonds is 9. The van der Waals surface area contributed by atoms with E-state index < -0.39 is 34.7 Å². The van der Waals surface area contributed by atoms with Crippen LogP contribution in [0.3, 0.4) is 0 Å². The molecule has 0 aliphatic rings. The van der Waals surface area contributed by atoms with Gasteiger partial charge >= 0.3 is 6.18 Å². The highest BCUT2D eigenvalue weighted by atomic mass is 35.5. The molecule has 4 rings (SSSR count). The predicted octanol–water partition coefficient (Wildman–Crippen LogP) is 7.89. The summed E-state index contributed by atoms with van der Waals surface area (Å²) in [7, 11) is 0. The van der Waals surface area contributed by atoms with Crippen molar-refractivity contribution in [2.24, 2.45) is 0 Å². The van der Waals surface area contributed by atoms with Gasteiger partial charge in [0.15, 0.2) is 0 Å². The molecule has 43 heavy (non-hydrogen) atoms. The summed E-state index contributed by atoms with van der Waals surface area (Å²) in [5.41, 5.74) is 0.416. The largest absolute Gasteiger partial charge is 0.416 e. The van der Waals surface area contributed by atoms with Crippen molar-refractivity contribution in [1.29, 1.82) is 0 Å². The molecule has 3 amide bonds. The molecule has 0 aliphatic heterocycles. The molecule has 1 unspecified atom stereocenters. The molecule has 0 spiro atoms. The Hall–Kier alpha value is -4.54. The lowest BCUT2D eigenvalue weighted by Gasteiger charge is -2.15. The van der Waals surface area contributed by atoms with Crippen LogP contribution in [0.15, 0.2) is 114 Å². The molecule has 0 aliphatic carbocycles. The van der Waals surface area contributed by atoms with Crippen LogP contribution in [-0.4, -0.2) is 23.0 Å². The third-order valence-electron chi connectivity index (χ3n) is 5.96. The predicted molar refractivity (Wildman–Crippen MR) is 164 cm³/mol. The lowest BCUT2D eigenvalue weighted by Crippen LogP contribution is -2.30. The lowest BCUT2D eigenvalue weighted by molar-refractivity contribution is -0.137. The molecule has 3 N–H and O–H groups in total. The Bertz CT molecular complexity index is 1650. The smallest absolute Gasteiger partial charge is 0.324 e. The number of carbonyl (C=O) groups excluding carboxylic acids is 3. The standard InChI is InChI=1S/C32H25ClF3N3O3S/c1-20(29(40)38-27-18-23(32(34,35)36)15-16-26(27)33)43-25-14-8-13-24(19-25)37-31(42)28(17-21-9-4-2-5-10-21)39-30(41)22-11-6-3-7-12-22/h2-20H,1H3,(H,37,42)(H,38,40)(H,39,41)/b28-17-.